The number of benzene rings is 1. The monoisotopic (exact) mass is 470 g/mol. The number of hydrogen-bond donors (Lipinski definition) is 0. The van der Waals surface area contributed by atoms with Crippen molar-refractivity contribution in [1.82, 2.24) is 9.38 Å². The third-order valence-electron chi connectivity index (χ3n) is 4.39. The van der Waals surface area contributed by atoms with Crippen LogP contribution in [0.3, 0.4) is 0 Å². The largest absolute Gasteiger partial charge is 0.495 e. The third kappa shape index (κ3) is 3.26. The van der Waals surface area contributed by atoms with Gasteiger partial charge in [-0.1, -0.05) is 0 Å². The first-order valence-corrected chi connectivity index (χ1v) is 10.6. The van der Waals surface area contributed by atoms with Gasteiger partial charge in [0, 0.05) is 17.8 Å². The lowest BCUT2D eigenvalue weighted by molar-refractivity contribution is 0.384. The zero-order valence-corrected chi connectivity index (χ0v) is 18.5. The van der Waals surface area contributed by atoms with E-state index in [9.17, 15) is 12.8 Å². The van der Waals surface area contributed by atoms with Crippen LogP contribution in [0.5, 0.6) is 11.5 Å². The summed E-state index contributed by atoms with van der Waals surface area (Å²) < 4.78 is 51.8. The predicted molar refractivity (Wildman–Crippen MR) is 108 cm³/mol. The number of aromatic nitrogens is 2. The van der Waals surface area contributed by atoms with Crippen molar-refractivity contribution in [3.63, 3.8) is 0 Å². The first-order valence-electron chi connectivity index (χ1n) is 8.34. The van der Waals surface area contributed by atoms with Gasteiger partial charge in [-0.2, -0.15) is 0 Å². The molecule has 0 aliphatic heterocycles. The van der Waals surface area contributed by atoms with Crippen LogP contribution in [0.1, 0.15) is 20.8 Å². The summed E-state index contributed by atoms with van der Waals surface area (Å²) >= 11 is 3.29. The topological polar surface area (TPSA) is 69.9 Å². The maximum Gasteiger partial charge on any atom is 0.188 e. The van der Waals surface area contributed by atoms with Crippen LogP contribution < -0.4 is 9.47 Å². The third-order valence-corrected chi connectivity index (χ3v) is 7.48. The molecule has 0 saturated carbocycles. The summed E-state index contributed by atoms with van der Waals surface area (Å²) in [5.74, 6) is -0.241. The van der Waals surface area contributed by atoms with E-state index in [0.717, 1.165) is 0 Å². The van der Waals surface area contributed by atoms with Crippen molar-refractivity contribution in [2.24, 2.45) is 0 Å². The molecule has 0 saturated heterocycles. The van der Waals surface area contributed by atoms with Crippen molar-refractivity contribution in [3.8, 4) is 22.8 Å². The van der Waals surface area contributed by atoms with Crippen LogP contribution in [0.25, 0.3) is 16.9 Å². The summed E-state index contributed by atoms with van der Waals surface area (Å²) in [7, 11) is -0.899. The quantitative estimate of drug-likeness (QED) is 0.561. The highest BCUT2D eigenvalue weighted by molar-refractivity contribution is 9.10. The van der Waals surface area contributed by atoms with Crippen LogP contribution in [-0.2, 0) is 9.84 Å². The van der Waals surface area contributed by atoms with Crippen LogP contribution in [0.2, 0.25) is 0 Å². The molecule has 28 heavy (non-hydrogen) atoms. The Kier molecular flexibility index (Phi) is 5.18. The van der Waals surface area contributed by atoms with Gasteiger partial charge in [0.15, 0.2) is 21.4 Å². The summed E-state index contributed by atoms with van der Waals surface area (Å²) in [6, 6.07) is 4.56. The zero-order valence-electron chi connectivity index (χ0n) is 16.1. The molecule has 6 nitrogen and oxygen atoms in total. The number of fused-ring (bicyclic) bond motifs is 1. The Hall–Kier alpha value is -2.13. The fourth-order valence-electron chi connectivity index (χ4n) is 2.79. The molecular formula is C19H20BrFN2O4S. The van der Waals surface area contributed by atoms with E-state index < -0.39 is 20.4 Å². The number of rotatable bonds is 4. The van der Waals surface area contributed by atoms with E-state index in [2.05, 4.69) is 20.9 Å². The molecule has 0 aliphatic rings. The average molecular weight is 471 g/mol. The van der Waals surface area contributed by atoms with E-state index in [1.807, 2.05) is 0 Å². The van der Waals surface area contributed by atoms with Gasteiger partial charge < -0.3 is 9.47 Å². The maximum atomic E-state index is 14.3. The molecule has 0 radical (unpaired) electrons. The highest BCUT2D eigenvalue weighted by Crippen LogP contribution is 2.36. The molecule has 9 heteroatoms. The van der Waals surface area contributed by atoms with Gasteiger partial charge in [-0.05, 0) is 48.8 Å². The summed E-state index contributed by atoms with van der Waals surface area (Å²) in [4.78, 5) is 4.35. The van der Waals surface area contributed by atoms with E-state index in [4.69, 9.17) is 9.47 Å². The molecule has 2 heterocycles. The second-order valence-corrected chi connectivity index (χ2v) is 10.7. The van der Waals surface area contributed by atoms with Gasteiger partial charge in [0.25, 0.3) is 0 Å². The van der Waals surface area contributed by atoms with E-state index >= 15 is 0 Å². The highest BCUT2D eigenvalue weighted by atomic mass is 79.9. The molecule has 0 unspecified atom stereocenters. The normalized spacial score (nSPS) is 12.4. The number of imidazole rings is 1. The SMILES string of the molecule is COc1cc2ncc(-c3cc(F)c(OC)c(Br)c3)n2cc1S(=O)(=O)C(C)(C)C. The predicted octanol–water partition coefficient (Wildman–Crippen LogP) is 4.49. The van der Waals surface area contributed by atoms with Gasteiger partial charge >= 0.3 is 0 Å². The van der Waals surface area contributed by atoms with E-state index in [-0.39, 0.29) is 16.4 Å². The minimum Gasteiger partial charge on any atom is -0.495 e. The van der Waals surface area contributed by atoms with Gasteiger partial charge in [0.1, 0.15) is 16.3 Å². The van der Waals surface area contributed by atoms with Crippen LogP contribution in [-0.4, -0.2) is 36.8 Å². The molecule has 2 aromatic heterocycles. The van der Waals surface area contributed by atoms with Crippen molar-refractivity contribution in [2.45, 2.75) is 30.4 Å². The number of halogens is 2. The van der Waals surface area contributed by atoms with Crippen molar-refractivity contribution >= 4 is 31.4 Å². The molecule has 3 rings (SSSR count). The lowest BCUT2D eigenvalue weighted by Gasteiger charge is -2.21. The Morgan fingerprint density at radius 2 is 1.82 bits per heavy atom. The molecule has 0 N–H and O–H groups in total. The Morgan fingerprint density at radius 3 is 2.36 bits per heavy atom. The lowest BCUT2D eigenvalue weighted by Crippen LogP contribution is -2.28. The summed E-state index contributed by atoms with van der Waals surface area (Å²) in [6.45, 7) is 4.87. The summed E-state index contributed by atoms with van der Waals surface area (Å²) in [5, 5.41) is 0. The molecule has 3 aromatic rings. The molecule has 1 aromatic carbocycles. The fourth-order valence-corrected chi connectivity index (χ4v) is 4.70. The highest BCUT2D eigenvalue weighted by Gasteiger charge is 2.34. The smallest absolute Gasteiger partial charge is 0.188 e. The minimum atomic E-state index is -3.69. The zero-order chi connectivity index (χ0) is 20.9. The Labute approximate surface area is 171 Å². The standard InChI is InChI=1S/C19H20BrFN2O4S/c1-19(2,3)28(24,25)16-10-23-14(9-22-17(23)8-15(16)26-4)11-6-12(20)18(27-5)13(21)7-11/h6-10H,1-5H3. The molecule has 0 spiro atoms. The second kappa shape index (κ2) is 7.04. The van der Waals surface area contributed by atoms with E-state index in [0.29, 0.717) is 21.4 Å². The van der Waals surface area contributed by atoms with E-state index in [1.165, 1.54) is 26.5 Å². The molecule has 0 fully saturated rings. The lowest BCUT2D eigenvalue weighted by atomic mass is 10.1. The first-order chi connectivity index (χ1) is 13.0. The van der Waals surface area contributed by atoms with Crippen molar-refractivity contribution < 1.29 is 22.3 Å². The van der Waals surface area contributed by atoms with Crippen LogP contribution >= 0.6 is 15.9 Å². The Balaban J connectivity index is 2.30. The summed E-state index contributed by atoms with van der Waals surface area (Å²) in [6.07, 6.45) is 3.02. The molecule has 0 amide bonds. The second-order valence-electron chi connectivity index (χ2n) is 7.17. The van der Waals surface area contributed by atoms with Gasteiger partial charge in [-0.25, -0.2) is 17.8 Å². The van der Waals surface area contributed by atoms with Crippen LogP contribution in [0, 0.1) is 5.82 Å². The van der Waals surface area contributed by atoms with Gasteiger partial charge in [0.05, 0.1) is 35.3 Å². The average Bonchev–Trinajstić information content (AvgIpc) is 3.02. The molecule has 0 bridgehead atoms. The number of methoxy groups -OCH3 is 2. The molecule has 0 atom stereocenters. The number of pyridine rings is 1. The molecule has 0 aliphatic carbocycles. The van der Waals surface area contributed by atoms with Gasteiger partial charge in [-0.15, -0.1) is 0 Å². The molecule has 150 valence electrons. The number of hydrogen-bond acceptors (Lipinski definition) is 5. The minimum absolute atomic E-state index is 0.0438. The van der Waals surface area contributed by atoms with Crippen molar-refractivity contribution in [1.29, 1.82) is 0 Å². The van der Waals surface area contributed by atoms with Crippen LogP contribution in [0.4, 0.5) is 4.39 Å². The van der Waals surface area contributed by atoms with Gasteiger partial charge in [-0.3, -0.25) is 4.40 Å². The van der Waals surface area contributed by atoms with Crippen LogP contribution in [0.15, 0.2) is 40.0 Å². The maximum absolute atomic E-state index is 14.3. The first kappa shape index (κ1) is 20.6. The Morgan fingerprint density at radius 1 is 1.14 bits per heavy atom. The number of ether oxygens (including phenoxy) is 2. The molecular weight excluding hydrogens is 451 g/mol. The summed E-state index contributed by atoms with van der Waals surface area (Å²) in [5.41, 5.74) is 1.53. The Bertz CT molecular complexity index is 1140. The number of nitrogens with zero attached hydrogens (tertiary/aromatic N) is 2. The fraction of sp³-hybridized carbons (Fsp3) is 0.316. The van der Waals surface area contributed by atoms with Gasteiger partial charge in [0.2, 0.25) is 0 Å². The number of sulfone groups is 1. The van der Waals surface area contributed by atoms with Crippen molar-refractivity contribution in [2.75, 3.05) is 14.2 Å². The van der Waals surface area contributed by atoms with Crippen molar-refractivity contribution in [3.05, 3.63) is 40.9 Å². The van der Waals surface area contributed by atoms with E-state index in [1.54, 1.807) is 43.5 Å².